The van der Waals surface area contributed by atoms with Gasteiger partial charge in [0, 0.05) is 29.7 Å². The third-order valence-corrected chi connectivity index (χ3v) is 3.36. The van der Waals surface area contributed by atoms with E-state index in [0.29, 0.717) is 17.7 Å². The summed E-state index contributed by atoms with van der Waals surface area (Å²) in [6.45, 7) is 0. The number of ether oxygens (including phenoxy) is 1. The highest BCUT2D eigenvalue weighted by atomic mass is 19.1. The topological polar surface area (TPSA) is 35.2 Å². The second kappa shape index (κ2) is 4.63. The summed E-state index contributed by atoms with van der Waals surface area (Å²) in [4.78, 5) is 0. The Kier molecular flexibility index (Phi) is 2.95. The molecule has 0 aliphatic carbocycles. The minimum Gasteiger partial charge on any atom is -0.485 e. The first-order valence-electron chi connectivity index (χ1n) is 6.11. The molecule has 2 atom stereocenters. The quantitative estimate of drug-likeness (QED) is 0.852. The molecule has 1 unspecified atom stereocenters. The molecule has 0 amide bonds. The van der Waals surface area contributed by atoms with Crippen LogP contribution in [0.4, 0.5) is 8.78 Å². The van der Waals surface area contributed by atoms with Gasteiger partial charge in [0.25, 0.3) is 0 Å². The van der Waals surface area contributed by atoms with Crippen LogP contribution in [0.2, 0.25) is 0 Å². The zero-order chi connectivity index (χ0) is 13.4. The van der Waals surface area contributed by atoms with Gasteiger partial charge in [-0.1, -0.05) is 24.3 Å². The summed E-state index contributed by atoms with van der Waals surface area (Å²) >= 11 is 0. The van der Waals surface area contributed by atoms with Gasteiger partial charge in [-0.15, -0.1) is 0 Å². The molecule has 0 radical (unpaired) electrons. The molecule has 2 N–H and O–H groups in total. The Bertz CT molecular complexity index is 615. The van der Waals surface area contributed by atoms with Gasteiger partial charge in [-0.05, 0) is 12.1 Å². The molecule has 1 aliphatic rings. The lowest BCUT2D eigenvalue weighted by Gasteiger charge is -2.30. The normalized spacial score (nSPS) is 21.6. The van der Waals surface area contributed by atoms with Crippen LogP contribution < -0.4 is 10.5 Å². The number of hydrogen-bond donors (Lipinski definition) is 1. The van der Waals surface area contributed by atoms with Gasteiger partial charge in [-0.2, -0.15) is 0 Å². The van der Waals surface area contributed by atoms with Crippen LogP contribution in [0.3, 0.4) is 0 Å². The summed E-state index contributed by atoms with van der Waals surface area (Å²) in [5, 5.41) is 0. The van der Waals surface area contributed by atoms with Crippen LogP contribution in [-0.4, -0.2) is 0 Å². The standard InChI is InChI=1S/C15H13F2NO/c16-9-5-6-11-13(18)8-15(19-14(11)7-9)10-3-1-2-4-12(10)17/h1-7,13,15H,8,18H2/t13-,15?/m1/s1. The molecule has 0 fully saturated rings. The van der Waals surface area contributed by atoms with Crippen LogP contribution in [0.25, 0.3) is 0 Å². The summed E-state index contributed by atoms with van der Waals surface area (Å²) in [5.74, 6) is -0.327. The predicted octanol–water partition coefficient (Wildman–Crippen LogP) is 3.49. The Labute approximate surface area is 109 Å². The SMILES string of the molecule is N[C@@H]1CC(c2ccccc2F)Oc2cc(F)ccc21. The van der Waals surface area contributed by atoms with Gasteiger partial charge in [-0.25, -0.2) is 8.78 Å². The minimum atomic E-state index is -0.481. The lowest BCUT2D eigenvalue weighted by molar-refractivity contribution is 0.156. The lowest BCUT2D eigenvalue weighted by Crippen LogP contribution is -2.24. The fraction of sp³-hybridized carbons (Fsp3) is 0.200. The van der Waals surface area contributed by atoms with Crippen molar-refractivity contribution in [1.82, 2.24) is 0 Å². The Balaban J connectivity index is 1.99. The van der Waals surface area contributed by atoms with Gasteiger partial charge in [0.2, 0.25) is 0 Å². The molecule has 1 heterocycles. The van der Waals surface area contributed by atoms with Gasteiger partial charge in [0.05, 0.1) is 0 Å². The monoisotopic (exact) mass is 261 g/mol. The highest BCUT2D eigenvalue weighted by Gasteiger charge is 2.28. The van der Waals surface area contributed by atoms with Crippen LogP contribution in [0, 0.1) is 11.6 Å². The van der Waals surface area contributed by atoms with E-state index < -0.39 is 6.10 Å². The highest BCUT2D eigenvalue weighted by Crippen LogP contribution is 2.40. The zero-order valence-corrected chi connectivity index (χ0v) is 10.1. The molecule has 2 nitrogen and oxygen atoms in total. The maximum absolute atomic E-state index is 13.8. The van der Waals surface area contributed by atoms with Crippen molar-refractivity contribution in [3.05, 3.63) is 65.2 Å². The molecular formula is C15H13F2NO. The van der Waals surface area contributed by atoms with E-state index in [0.717, 1.165) is 5.56 Å². The number of halogens is 2. The molecule has 0 saturated heterocycles. The molecule has 3 rings (SSSR count). The third kappa shape index (κ3) is 2.19. The van der Waals surface area contributed by atoms with Crippen LogP contribution in [0.5, 0.6) is 5.75 Å². The van der Waals surface area contributed by atoms with Crippen molar-refractivity contribution in [2.75, 3.05) is 0 Å². The molecule has 4 heteroatoms. The van der Waals surface area contributed by atoms with Crippen molar-refractivity contribution < 1.29 is 13.5 Å². The molecule has 0 aromatic heterocycles. The fourth-order valence-electron chi connectivity index (χ4n) is 2.40. The molecular weight excluding hydrogens is 248 g/mol. The van der Waals surface area contributed by atoms with Crippen molar-refractivity contribution in [2.24, 2.45) is 5.73 Å². The second-order valence-electron chi connectivity index (χ2n) is 4.65. The highest BCUT2D eigenvalue weighted by molar-refractivity contribution is 5.39. The summed E-state index contributed by atoms with van der Waals surface area (Å²) in [7, 11) is 0. The Morgan fingerprint density at radius 1 is 1.05 bits per heavy atom. The summed E-state index contributed by atoms with van der Waals surface area (Å²) in [5.41, 5.74) is 7.26. The maximum atomic E-state index is 13.8. The van der Waals surface area contributed by atoms with Gasteiger partial charge in [0.15, 0.2) is 0 Å². The number of nitrogens with two attached hydrogens (primary N) is 1. The van der Waals surface area contributed by atoms with E-state index in [1.165, 1.54) is 18.2 Å². The molecule has 0 bridgehead atoms. The van der Waals surface area contributed by atoms with Crippen molar-refractivity contribution >= 4 is 0 Å². The molecule has 2 aromatic carbocycles. The van der Waals surface area contributed by atoms with Crippen LogP contribution in [0.15, 0.2) is 42.5 Å². The first-order chi connectivity index (χ1) is 9.15. The van der Waals surface area contributed by atoms with E-state index >= 15 is 0 Å². The molecule has 98 valence electrons. The van der Waals surface area contributed by atoms with Crippen molar-refractivity contribution in [3.63, 3.8) is 0 Å². The molecule has 0 saturated carbocycles. The van der Waals surface area contributed by atoms with Crippen molar-refractivity contribution in [2.45, 2.75) is 18.6 Å². The summed E-state index contributed by atoms with van der Waals surface area (Å²) in [6.07, 6.45) is -0.00923. The van der Waals surface area contributed by atoms with E-state index in [2.05, 4.69) is 0 Å². The zero-order valence-electron chi connectivity index (χ0n) is 10.1. The van der Waals surface area contributed by atoms with Crippen LogP contribution in [-0.2, 0) is 0 Å². The third-order valence-electron chi connectivity index (χ3n) is 3.36. The summed E-state index contributed by atoms with van der Waals surface area (Å²) in [6, 6.07) is 10.4. The van der Waals surface area contributed by atoms with E-state index in [9.17, 15) is 8.78 Å². The van der Waals surface area contributed by atoms with Crippen LogP contribution in [0.1, 0.15) is 29.7 Å². The smallest absolute Gasteiger partial charge is 0.130 e. The Morgan fingerprint density at radius 2 is 1.84 bits per heavy atom. The maximum Gasteiger partial charge on any atom is 0.130 e. The van der Waals surface area contributed by atoms with Gasteiger partial charge < -0.3 is 10.5 Å². The minimum absolute atomic E-state index is 0.283. The number of hydrogen-bond acceptors (Lipinski definition) is 2. The van der Waals surface area contributed by atoms with Gasteiger partial charge >= 0.3 is 0 Å². The average molecular weight is 261 g/mol. The van der Waals surface area contributed by atoms with Crippen LogP contribution >= 0.6 is 0 Å². The molecule has 1 aliphatic heterocycles. The Morgan fingerprint density at radius 3 is 2.63 bits per heavy atom. The average Bonchev–Trinajstić information content (AvgIpc) is 2.38. The van der Waals surface area contributed by atoms with E-state index in [-0.39, 0.29) is 17.7 Å². The lowest BCUT2D eigenvalue weighted by atomic mass is 9.93. The Hall–Kier alpha value is -1.94. The first kappa shape index (κ1) is 12.1. The largest absolute Gasteiger partial charge is 0.485 e. The van der Waals surface area contributed by atoms with Crippen molar-refractivity contribution in [1.29, 1.82) is 0 Å². The molecule has 19 heavy (non-hydrogen) atoms. The molecule has 2 aromatic rings. The van der Waals surface area contributed by atoms with Crippen molar-refractivity contribution in [3.8, 4) is 5.75 Å². The van der Waals surface area contributed by atoms with Gasteiger partial charge in [-0.3, -0.25) is 0 Å². The number of benzene rings is 2. The first-order valence-corrected chi connectivity index (χ1v) is 6.11. The second-order valence-corrected chi connectivity index (χ2v) is 4.65. The molecule has 0 spiro atoms. The van der Waals surface area contributed by atoms with E-state index in [4.69, 9.17) is 10.5 Å². The number of rotatable bonds is 1. The van der Waals surface area contributed by atoms with E-state index in [1.807, 2.05) is 0 Å². The van der Waals surface area contributed by atoms with Gasteiger partial charge in [0.1, 0.15) is 23.5 Å². The predicted molar refractivity (Wildman–Crippen MR) is 67.7 cm³/mol. The fourth-order valence-corrected chi connectivity index (χ4v) is 2.40. The number of fused-ring (bicyclic) bond motifs is 1. The van der Waals surface area contributed by atoms with E-state index in [1.54, 1.807) is 24.3 Å². The summed E-state index contributed by atoms with van der Waals surface area (Å²) < 4.78 is 32.7.